The molecule has 1 aromatic carbocycles. The Labute approximate surface area is 108 Å². The van der Waals surface area contributed by atoms with Crippen molar-refractivity contribution in [1.29, 1.82) is 0 Å². The minimum atomic E-state index is -1.36. The second-order valence-corrected chi connectivity index (χ2v) is 4.41. The minimum Gasteiger partial charge on any atom is -0.478 e. The lowest BCUT2D eigenvalue weighted by atomic mass is 10.1. The third-order valence-corrected chi connectivity index (χ3v) is 2.99. The summed E-state index contributed by atoms with van der Waals surface area (Å²) in [5.74, 6) is -2.22. The van der Waals surface area contributed by atoms with Crippen molar-refractivity contribution in [3.63, 3.8) is 0 Å². The Morgan fingerprint density at radius 1 is 1.58 bits per heavy atom. The number of hydrogen-bond donors (Lipinski definition) is 4. The van der Waals surface area contributed by atoms with E-state index in [4.69, 9.17) is 10.8 Å². The Balaban J connectivity index is 2.06. The number of anilines is 2. The molecule has 0 aliphatic carbocycles. The van der Waals surface area contributed by atoms with Gasteiger partial charge in [0.05, 0.1) is 16.9 Å². The number of halogens is 1. The fourth-order valence-electron chi connectivity index (χ4n) is 1.97. The van der Waals surface area contributed by atoms with Gasteiger partial charge in [0.1, 0.15) is 5.82 Å². The van der Waals surface area contributed by atoms with E-state index in [2.05, 4.69) is 10.6 Å². The third kappa shape index (κ3) is 2.93. The number of carbonyl (C=O) groups excluding carboxylic acids is 1. The molecule has 1 aliphatic heterocycles. The highest BCUT2D eigenvalue weighted by Gasteiger charge is 2.21. The molecule has 2 rings (SSSR count). The molecule has 1 heterocycles. The summed E-state index contributed by atoms with van der Waals surface area (Å²) in [6.45, 7) is 0.418. The summed E-state index contributed by atoms with van der Waals surface area (Å²) >= 11 is 0. The molecule has 1 fully saturated rings. The number of nitrogens with two attached hydrogens (primary N) is 1. The Kier molecular flexibility index (Phi) is 3.55. The van der Waals surface area contributed by atoms with Crippen LogP contribution in [0.15, 0.2) is 12.1 Å². The topological polar surface area (TPSA) is 104 Å². The second kappa shape index (κ2) is 5.13. The number of benzene rings is 1. The monoisotopic (exact) mass is 267 g/mol. The average Bonchev–Trinajstić information content (AvgIpc) is 2.75. The molecule has 0 spiro atoms. The van der Waals surface area contributed by atoms with Crippen LogP contribution in [0.2, 0.25) is 0 Å². The summed E-state index contributed by atoms with van der Waals surface area (Å²) in [5, 5.41) is 14.4. The summed E-state index contributed by atoms with van der Waals surface area (Å²) in [5.41, 5.74) is 5.68. The Bertz CT molecular complexity index is 533. The summed E-state index contributed by atoms with van der Waals surface area (Å²) in [6, 6.07) is 2.11. The van der Waals surface area contributed by atoms with E-state index < -0.39 is 17.3 Å². The first kappa shape index (κ1) is 13.1. The highest BCUT2D eigenvalue weighted by Crippen LogP contribution is 2.23. The molecule has 1 aliphatic rings. The molecule has 5 N–H and O–H groups in total. The molecule has 0 saturated carbocycles. The van der Waals surface area contributed by atoms with Crippen LogP contribution in [0.1, 0.15) is 23.2 Å². The molecule has 0 bridgehead atoms. The highest BCUT2D eigenvalue weighted by atomic mass is 19.1. The summed E-state index contributed by atoms with van der Waals surface area (Å²) in [6.07, 6.45) is 1.19. The summed E-state index contributed by atoms with van der Waals surface area (Å²) in [4.78, 5) is 21.7. The third-order valence-electron chi connectivity index (χ3n) is 2.99. The molecule has 1 amide bonds. The van der Waals surface area contributed by atoms with Gasteiger partial charge in [-0.1, -0.05) is 0 Å². The molecule has 0 aromatic heterocycles. The number of amides is 1. The lowest BCUT2D eigenvalue weighted by Gasteiger charge is -2.14. The van der Waals surface area contributed by atoms with Gasteiger partial charge < -0.3 is 21.5 Å². The van der Waals surface area contributed by atoms with Gasteiger partial charge in [0.25, 0.3) is 0 Å². The van der Waals surface area contributed by atoms with E-state index in [0.717, 1.165) is 12.1 Å². The smallest absolute Gasteiger partial charge is 0.338 e. The number of carboxylic acids is 1. The number of hydrogen-bond acceptors (Lipinski definition) is 4. The molecule has 7 heteroatoms. The highest BCUT2D eigenvalue weighted by molar-refractivity contribution is 5.90. The van der Waals surface area contributed by atoms with E-state index in [1.165, 1.54) is 0 Å². The number of nitrogens with one attached hydrogen (secondary N) is 2. The van der Waals surface area contributed by atoms with Crippen molar-refractivity contribution in [1.82, 2.24) is 5.32 Å². The fourth-order valence-corrected chi connectivity index (χ4v) is 1.97. The lowest BCUT2D eigenvalue weighted by molar-refractivity contribution is -0.119. The van der Waals surface area contributed by atoms with E-state index >= 15 is 0 Å². The van der Waals surface area contributed by atoms with Crippen LogP contribution < -0.4 is 16.4 Å². The van der Waals surface area contributed by atoms with Gasteiger partial charge in [0.15, 0.2) is 0 Å². The van der Waals surface area contributed by atoms with E-state index in [-0.39, 0.29) is 17.6 Å². The maximum Gasteiger partial charge on any atom is 0.338 e. The molecule has 0 radical (unpaired) electrons. The minimum absolute atomic E-state index is 0.00724. The van der Waals surface area contributed by atoms with E-state index in [1.807, 2.05) is 0 Å². The van der Waals surface area contributed by atoms with Crippen molar-refractivity contribution in [3.8, 4) is 0 Å². The zero-order chi connectivity index (χ0) is 14.0. The van der Waals surface area contributed by atoms with Gasteiger partial charge in [-0.05, 0) is 18.6 Å². The van der Waals surface area contributed by atoms with Crippen molar-refractivity contribution in [2.75, 3.05) is 17.6 Å². The number of nitrogen functional groups attached to an aromatic ring is 1. The van der Waals surface area contributed by atoms with E-state index in [1.54, 1.807) is 0 Å². The molecular formula is C12H14FN3O3. The lowest BCUT2D eigenvalue weighted by Crippen LogP contribution is -2.32. The Morgan fingerprint density at radius 3 is 2.89 bits per heavy atom. The number of carbonyl (C=O) groups is 2. The molecule has 6 nitrogen and oxygen atoms in total. The zero-order valence-electron chi connectivity index (χ0n) is 10.1. The molecule has 1 unspecified atom stereocenters. The maximum absolute atomic E-state index is 13.5. The van der Waals surface area contributed by atoms with Crippen LogP contribution in [0.4, 0.5) is 15.8 Å². The van der Waals surface area contributed by atoms with Gasteiger partial charge in [-0.2, -0.15) is 0 Å². The quantitative estimate of drug-likeness (QED) is 0.604. The van der Waals surface area contributed by atoms with Crippen LogP contribution in [0.5, 0.6) is 0 Å². The summed E-state index contributed by atoms with van der Waals surface area (Å²) in [7, 11) is 0. The van der Waals surface area contributed by atoms with Crippen LogP contribution in [0.25, 0.3) is 0 Å². The predicted octanol–water partition coefficient (Wildman–Crippen LogP) is 0.797. The van der Waals surface area contributed by atoms with Crippen LogP contribution >= 0.6 is 0 Å². The van der Waals surface area contributed by atoms with Crippen LogP contribution in [-0.4, -0.2) is 29.6 Å². The van der Waals surface area contributed by atoms with Crippen molar-refractivity contribution < 1.29 is 19.1 Å². The second-order valence-electron chi connectivity index (χ2n) is 4.41. The molecule has 19 heavy (non-hydrogen) atoms. The SMILES string of the molecule is Nc1cc(C(=O)O)c(F)cc1NCC1CCC(=O)N1. The maximum atomic E-state index is 13.5. The van der Waals surface area contributed by atoms with Gasteiger partial charge in [-0.3, -0.25) is 4.79 Å². The summed E-state index contributed by atoms with van der Waals surface area (Å²) < 4.78 is 13.5. The first-order valence-electron chi connectivity index (χ1n) is 5.83. The first-order valence-corrected chi connectivity index (χ1v) is 5.83. The van der Waals surface area contributed by atoms with Crippen molar-refractivity contribution in [2.24, 2.45) is 0 Å². The van der Waals surface area contributed by atoms with Gasteiger partial charge in [0, 0.05) is 19.0 Å². The fraction of sp³-hybridized carbons (Fsp3) is 0.333. The number of rotatable bonds is 4. The van der Waals surface area contributed by atoms with E-state index in [9.17, 15) is 14.0 Å². The van der Waals surface area contributed by atoms with Crippen molar-refractivity contribution in [2.45, 2.75) is 18.9 Å². The van der Waals surface area contributed by atoms with Gasteiger partial charge in [-0.25, -0.2) is 9.18 Å². The molecular weight excluding hydrogens is 253 g/mol. The predicted molar refractivity (Wildman–Crippen MR) is 67.4 cm³/mol. The zero-order valence-corrected chi connectivity index (χ0v) is 10.1. The van der Waals surface area contributed by atoms with Crippen LogP contribution in [0.3, 0.4) is 0 Å². The average molecular weight is 267 g/mol. The Hall–Kier alpha value is -2.31. The van der Waals surface area contributed by atoms with Crippen molar-refractivity contribution >= 4 is 23.3 Å². The normalized spacial score (nSPS) is 18.2. The largest absolute Gasteiger partial charge is 0.478 e. The number of aromatic carboxylic acids is 1. The van der Waals surface area contributed by atoms with Crippen LogP contribution in [0, 0.1) is 5.82 Å². The van der Waals surface area contributed by atoms with Crippen LogP contribution in [-0.2, 0) is 4.79 Å². The van der Waals surface area contributed by atoms with Gasteiger partial charge in [0.2, 0.25) is 5.91 Å². The van der Waals surface area contributed by atoms with Gasteiger partial charge >= 0.3 is 5.97 Å². The van der Waals surface area contributed by atoms with Crippen molar-refractivity contribution in [3.05, 3.63) is 23.5 Å². The first-order chi connectivity index (χ1) is 8.97. The molecule has 1 atom stereocenters. The van der Waals surface area contributed by atoms with Gasteiger partial charge in [-0.15, -0.1) is 0 Å². The standard InChI is InChI=1S/C12H14FN3O3/c13-8-4-10(9(14)3-7(8)12(18)19)15-5-6-1-2-11(17)16-6/h3-4,6,15H,1-2,5,14H2,(H,16,17)(H,18,19). The Morgan fingerprint density at radius 2 is 2.32 bits per heavy atom. The van der Waals surface area contributed by atoms with E-state index in [0.29, 0.717) is 25.1 Å². The number of carboxylic acid groups (broad SMARTS) is 1. The molecule has 1 saturated heterocycles. The molecule has 102 valence electrons. The molecule has 1 aromatic rings.